The maximum atomic E-state index is 12.5. The highest BCUT2D eigenvalue weighted by molar-refractivity contribution is 7.90. The highest BCUT2D eigenvalue weighted by Gasteiger charge is 2.44. The largest absolute Gasteiger partial charge is 0.326 e. The van der Waals surface area contributed by atoms with Gasteiger partial charge in [0, 0.05) is 17.9 Å². The van der Waals surface area contributed by atoms with Crippen LogP contribution in [0.5, 0.6) is 0 Å². The summed E-state index contributed by atoms with van der Waals surface area (Å²) in [6.45, 7) is 3.90. The van der Waals surface area contributed by atoms with Gasteiger partial charge in [-0.2, -0.15) is 0 Å². The van der Waals surface area contributed by atoms with Crippen LogP contribution < -0.4 is 5.32 Å². The third-order valence-electron chi connectivity index (χ3n) is 4.49. The molecule has 126 valence electrons. The van der Waals surface area contributed by atoms with E-state index >= 15 is 0 Å². The SMILES string of the molecule is Cc1cccc([C@@H]2C[C@@H]2C(=O)Nc2cc(S(C)(=O)=O)ccc2C)c1. The van der Waals surface area contributed by atoms with E-state index in [-0.39, 0.29) is 22.6 Å². The molecule has 1 fully saturated rings. The Hall–Kier alpha value is -2.14. The summed E-state index contributed by atoms with van der Waals surface area (Å²) < 4.78 is 23.4. The third kappa shape index (κ3) is 3.51. The van der Waals surface area contributed by atoms with Gasteiger partial charge in [-0.15, -0.1) is 0 Å². The molecule has 0 heterocycles. The zero-order chi connectivity index (χ0) is 17.5. The summed E-state index contributed by atoms with van der Waals surface area (Å²) >= 11 is 0. The van der Waals surface area contributed by atoms with E-state index in [0.717, 1.165) is 18.2 Å². The molecule has 0 aromatic heterocycles. The van der Waals surface area contributed by atoms with Crippen molar-refractivity contribution in [1.29, 1.82) is 0 Å². The van der Waals surface area contributed by atoms with E-state index in [1.807, 2.05) is 26.0 Å². The molecular weight excluding hydrogens is 322 g/mol. The van der Waals surface area contributed by atoms with Crippen LogP contribution in [0.3, 0.4) is 0 Å². The van der Waals surface area contributed by atoms with Crippen LogP contribution in [0.25, 0.3) is 0 Å². The van der Waals surface area contributed by atoms with Gasteiger partial charge in [-0.1, -0.05) is 35.9 Å². The lowest BCUT2D eigenvalue weighted by Crippen LogP contribution is -2.16. The number of amides is 1. The molecule has 1 aliphatic rings. The predicted molar refractivity (Wildman–Crippen MR) is 94.9 cm³/mol. The number of rotatable bonds is 4. The first-order valence-corrected chi connectivity index (χ1v) is 9.83. The lowest BCUT2D eigenvalue weighted by Gasteiger charge is -2.10. The van der Waals surface area contributed by atoms with Crippen molar-refractivity contribution in [1.82, 2.24) is 0 Å². The molecule has 0 unspecified atom stereocenters. The molecule has 5 heteroatoms. The minimum atomic E-state index is -3.29. The smallest absolute Gasteiger partial charge is 0.228 e. The number of sulfone groups is 1. The Morgan fingerprint density at radius 2 is 1.88 bits per heavy atom. The quantitative estimate of drug-likeness (QED) is 0.925. The number of carbonyl (C=O) groups excluding carboxylic acids is 1. The Bertz CT molecular complexity index is 903. The number of hydrogen-bond donors (Lipinski definition) is 1. The van der Waals surface area contributed by atoms with Crippen molar-refractivity contribution in [3.8, 4) is 0 Å². The monoisotopic (exact) mass is 343 g/mol. The number of aryl methyl sites for hydroxylation is 2. The fourth-order valence-electron chi connectivity index (χ4n) is 2.95. The van der Waals surface area contributed by atoms with Gasteiger partial charge in [-0.25, -0.2) is 8.42 Å². The Morgan fingerprint density at radius 1 is 1.12 bits per heavy atom. The highest BCUT2D eigenvalue weighted by atomic mass is 32.2. The van der Waals surface area contributed by atoms with Gasteiger partial charge in [0.05, 0.1) is 4.90 Å². The van der Waals surface area contributed by atoms with Crippen molar-refractivity contribution in [2.75, 3.05) is 11.6 Å². The van der Waals surface area contributed by atoms with Crippen LogP contribution in [-0.4, -0.2) is 20.6 Å². The first-order valence-electron chi connectivity index (χ1n) is 7.94. The fourth-order valence-corrected chi connectivity index (χ4v) is 3.59. The molecule has 1 amide bonds. The van der Waals surface area contributed by atoms with Gasteiger partial charge in [0.2, 0.25) is 5.91 Å². The Kier molecular flexibility index (Phi) is 4.22. The van der Waals surface area contributed by atoms with Crippen LogP contribution in [0, 0.1) is 19.8 Å². The molecule has 2 aromatic carbocycles. The summed E-state index contributed by atoms with van der Waals surface area (Å²) in [5.41, 5.74) is 3.80. The van der Waals surface area contributed by atoms with Gasteiger partial charge >= 0.3 is 0 Å². The van der Waals surface area contributed by atoms with Crippen molar-refractivity contribution in [3.63, 3.8) is 0 Å². The van der Waals surface area contributed by atoms with E-state index < -0.39 is 9.84 Å². The first kappa shape index (κ1) is 16.7. The summed E-state index contributed by atoms with van der Waals surface area (Å²) in [4.78, 5) is 12.7. The Labute approximate surface area is 142 Å². The van der Waals surface area contributed by atoms with Crippen molar-refractivity contribution in [2.45, 2.75) is 31.1 Å². The van der Waals surface area contributed by atoms with Gasteiger partial charge in [-0.3, -0.25) is 4.79 Å². The Morgan fingerprint density at radius 3 is 2.54 bits per heavy atom. The van der Waals surface area contributed by atoms with Crippen LogP contribution in [0.4, 0.5) is 5.69 Å². The molecule has 24 heavy (non-hydrogen) atoms. The lowest BCUT2D eigenvalue weighted by atomic mass is 10.1. The molecule has 2 aromatic rings. The average Bonchev–Trinajstić information content (AvgIpc) is 3.29. The molecule has 3 rings (SSSR count). The van der Waals surface area contributed by atoms with E-state index in [2.05, 4.69) is 17.4 Å². The van der Waals surface area contributed by atoms with E-state index in [1.54, 1.807) is 12.1 Å². The van der Waals surface area contributed by atoms with E-state index in [1.165, 1.54) is 17.2 Å². The minimum Gasteiger partial charge on any atom is -0.326 e. The third-order valence-corrected chi connectivity index (χ3v) is 5.60. The van der Waals surface area contributed by atoms with E-state index in [0.29, 0.717) is 5.69 Å². The molecule has 0 aliphatic heterocycles. The number of carbonyl (C=O) groups is 1. The molecule has 0 radical (unpaired) electrons. The normalized spacial score (nSPS) is 19.8. The second kappa shape index (κ2) is 6.06. The fraction of sp³-hybridized carbons (Fsp3) is 0.316. The van der Waals surface area contributed by atoms with Crippen molar-refractivity contribution in [3.05, 3.63) is 59.2 Å². The van der Waals surface area contributed by atoms with Crippen LogP contribution in [0.1, 0.15) is 29.0 Å². The van der Waals surface area contributed by atoms with Crippen molar-refractivity contribution >= 4 is 21.4 Å². The topological polar surface area (TPSA) is 63.2 Å². The average molecular weight is 343 g/mol. The number of nitrogens with one attached hydrogen (secondary N) is 1. The van der Waals surface area contributed by atoms with Crippen LogP contribution in [0.2, 0.25) is 0 Å². The summed E-state index contributed by atoms with van der Waals surface area (Å²) in [7, 11) is -3.29. The summed E-state index contributed by atoms with van der Waals surface area (Å²) in [6, 6.07) is 13.0. The molecular formula is C19H21NO3S. The standard InChI is InChI=1S/C19H21NO3S/c1-12-5-4-6-14(9-12)16-11-17(16)19(21)20-18-10-15(24(3,22)23)8-7-13(18)2/h4-10,16-17H,11H2,1-3H3,(H,20,21)/t16-,17-/m0/s1. The summed E-state index contributed by atoms with van der Waals surface area (Å²) in [6.07, 6.45) is 2.00. The summed E-state index contributed by atoms with van der Waals surface area (Å²) in [5.74, 6) is 0.159. The molecule has 1 N–H and O–H groups in total. The number of hydrogen-bond acceptors (Lipinski definition) is 3. The predicted octanol–water partition coefficient (Wildman–Crippen LogP) is 3.45. The zero-order valence-corrected chi connectivity index (χ0v) is 14.9. The molecule has 1 saturated carbocycles. The number of anilines is 1. The van der Waals surface area contributed by atoms with Gasteiger partial charge in [-0.05, 0) is 49.4 Å². The van der Waals surface area contributed by atoms with E-state index in [9.17, 15) is 13.2 Å². The summed E-state index contributed by atoms with van der Waals surface area (Å²) in [5, 5.41) is 2.90. The van der Waals surface area contributed by atoms with Gasteiger partial charge in [0.15, 0.2) is 9.84 Å². The van der Waals surface area contributed by atoms with E-state index in [4.69, 9.17) is 0 Å². The second-order valence-corrected chi connectivity index (χ2v) is 8.62. The van der Waals surface area contributed by atoms with Gasteiger partial charge in [0.25, 0.3) is 0 Å². The molecule has 4 nitrogen and oxygen atoms in total. The van der Waals surface area contributed by atoms with Crippen LogP contribution in [-0.2, 0) is 14.6 Å². The minimum absolute atomic E-state index is 0.0461. The molecule has 2 atom stereocenters. The zero-order valence-electron chi connectivity index (χ0n) is 14.0. The second-order valence-electron chi connectivity index (χ2n) is 6.60. The van der Waals surface area contributed by atoms with Crippen molar-refractivity contribution in [2.24, 2.45) is 5.92 Å². The molecule has 0 bridgehead atoms. The van der Waals surface area contributed by atoms with Gasteiger partial charge in [0.1, 0.15) is 0 Å². The first-order chi connectivity index (χ1) is 11.3. The van der Waals surface area contributed by atoms with Gasteiger partial charge < -0.3 is 5.32 Å². The lowest BCUT2D eigenvalue weighted by molar-refractivity contribution is -0.117. The molecule has 0 spiro atoms. The maximum absolute atomic E-state index is 12.5. The molecule has 1 aliphatic carbocycles. The Balaban J connectivity index is 1.75. The van der Waals surface area contributed by atoms with Crippen LogP contribution >= 0.6 is 0 Å². The number of benzene rings is 2. The van der Waals surface area contributed by atoms with Crippen molar-refractivity contribution < 1.29 is 13.2 Å². The van der Waals surface area contributed by atoms with Crippen LogP contribution in [0.15, 0.2) is 47.4 Å². The maximum Gasteiger partial charge on any atom is 0.228 e. The highest BCUT2D eigenvalue weighted by Crippen LogP contribution is 2.48. The molecule has 0 saturated heterocycles.